The normalized spacial score (nSPS) is 12.4. The summed E-state index contributed by atoms with van der Waals surface area (Å²) < 4.78 is 15.1. The van der Waals surface area contributed by atoms with Gasteiger partial charge in [-0.2, -0.15) is 0 Å². The van der Waals surface area contributed by atoms with Crippen LogP contribution in [0.4, 0.5) is 4.39 Å². The summed E-state index contributed by atoms with van der Waals surface area (Å²) in [7, 11) is 0. The molecule has 1 N–H and O–H groups in total. The Morgan fingerprint density at radius 1 is 1.05 bits per heavy atom. The molecule has 0 bridgehead atoms. The molecule has 0 amide bonds. The van der Waals surface area contributed by atoms with Gasteiger partial charge in [0.2, 0.25) is 0 Å². The van der Waals surface area contributed by atoms with Crippen molar-refractivity contribution in [3.05, 3.63) is 68.4 Å². The van der Waals surface area contributed by atoms with Crippen molar-refractivity contribution in [2.45, 2.75) is 12.3 Å². The van der Waals surface area contributed by atoms with Crippen LogP contribution in [0.1, 0.15) is 17.0 Å². The average Bonchev–Trinajstić information content (AvgIpc) is 2.41. The van der Waals surface area contributed by atoms with E-state index in [4.69, 9.17) is 0 Å². The van der Waals surface area contributed by atoms with Crippen molar-refractivity contribution in [1.29, 1.82) is 0 Å². The number of halogens is 3. The SMILES string of the molecule is OCC(Cc1cc(F)ccc1Br)c1ccccc1Br. The molecular weight excluding hydrogens is 375 g/mol. The number of hydrogen-bond donors (Lipinski definition) is 1. The van der Waals surface area contributed by atoms with E-state index < -0.39 is 0 Å². The Labute approximate surface area is 128 Å². The van der Waals surface area contributed by atoms with Crippen LogP contribution in [0.2, 0.25) is 0 Å². The fourth-order valence-corrected chi connectivity index (χ4v) is 3.06. The van der Waals surface area contributed by atoms with E-state index in [0.717, 1.165) is 20.1 Å². The fourth-order valence-electron chi connectivity index (χ4n) is 2.04. The Balaban J connectivity index is 2.29. The summed E-state index contributed by atoms with van der Waals surface area (Å²) in [5.41, 5.74) is 1.89. The van der Waals surface area contributed by atoms with Crippen LogP contribution >= 0.6 is 31.9 Å². The van der Waals surface area contributed by atoms with Crippen LogP contribution in [0.15, 0.2) is 51.4 Å². The first-order valence-electron chi connectivity index (χ1n) is 5.91. The summed E-state index contributed by atoms with van der Waals surface area (Å²) in [6.07, 6.45) is 0.581. The second-order valence-electron chi connectivity index (χ2n) is 4.34. The van der Waals surface area contributed by atoms with E-state index in [2.05, 4.69) is 31.9 Å². The first-order chi connectivity index (χ1) is 9.11. The van der Waals surface area contributed by atoms with E-state index in [-0.39, 0.29) is 18.3 Å². The third kappa shape index (κ3) is 3.65. The predicted molar refractivity (Wildman–Crippen MR) is 81.8 cm³/mol. The topological polar surface area (TPSA) is 20.2 Å². The molecule has 2 aromatic carbocycles. The second kappa shape index (κ2) is 6.64. The Bertz CT molecular complexity index is 572. The summed E-state index contributed by atoms with van der Waals surface area (Å²) in [5.74, 6) is -0.323. The third-order valence-corrected chi connectivity index (χ3v) is 4.54. The van der Waals surface area contributed by atoms with Crippen LogP contribution in [-0.4, -0.2) is 11.7 Å². The van der Waals surface area contributed by atoms with Crippen LogP contribution in [0, 0.1) is 5.82 Å². The lowest BCUT2D eigenvalue weighted by Crippen LogP contribution is -2.09. The minimum absolute atomic E-state index is 0.0194. The molecule has 0 radical (unpaired) electrons. The fraction of sp³-hybridized carbons (Fsp3) is 0.200. The van der Waals surface area contributed by atoms with Crippen molar-refractivity contribution in [3.63, 3.8) is 0 Å². The lowest BCUT2D eigenvalue weighted by molar-refractivity contribution is 0.264. The number of benzene rings is 2. The molecule has 0 aliphatic carbocycles. The highest BCUT2D eigenvalue weighted by Gasteiger charge is 2.16. The summed E-state index contributed by atoms with van der Waals surface area (Å²) in [6, 6.07) is 12.4. The van der Waals surface area contributed by atoms with Gasteiger partial charge < -0.3 is 5.11 Å². The number of aliphatic hydroxyl groups is 1. The molecule has 1 nitrogen and oxygen atoms in total. The van der Waals surface area contributed by atoms with Crippen LogP contribution in [0.5, 0.6) is 0 Å². The summed E-state index contributed by atoms with van der Waals surface area (Å²) in [6.45, 7) is 0.0194. The maximum Gasteiger partial charge on any atom is 0.123 e. The van der Waals surface area contributed by atoms with Gasteiger partial charge in [-0.1, -0.05) is 50.1 Å². The van der Waals surface area contributed by atoms with Gasteiger partial charge in [0, 0.05) is 14.9 Å². The Hall–Kier alpha value is -0.710. The largest absolute Gasteiger partial charge is 0.396 e. The molecule has 0 heterocycles. The molecule has 4 heteroatoms. The number of aliphatic hydroxyl groups excluding tert-OH is 1. The molecule has 2 aromatic rings. The van der Waals surface area contributed by atoms with E-state index in [1.54, 1.807) is 6.07 Å². The highest BCUT2D eigenvalue weighted by molar-refractivity contribution is 9.10. The van der Waals surface area contributed by atoms with Crippen LogP contribution in [0.3, 0.4) is 0 Å². The van der Waals surface area contributed by atoms with E-state index >= 15 is 0 Å². The van der Waals surface area contributed by atoms with Crippen molar-refractivity contribution in [3.8, 4) is 0 Å². The standard InChI is InChI=1S/C15H13Br2FO/c16-14-6-5-12(18)8-10(14)7-11(9-19)13-3-1-2-4-15(13)17/h1-6,8,11,19H,7,9H2. The van der Waals surface area contributed by atoms with Crippen molar-refractivity contribution in [1.82, 2.24) is 0 Å². The zero-order valence-electron chi connectivity index (χ0n) is 10.1. The first-order valence-corrected chi connectivity index (χ1v) is 7.49. The molecule has 19 heavy (non-hydrogen) atoms. The number of hydrogen-bond acceptors (Lipinski definition) is 1. The Kier molecular flexibility index (Phi) is 5.13. The van der Waals surface area contributed by atoms with Crippen LogP contribution in [-0.2, 0) is 6.42 Å². The van der Waals surface area contributed by atoms with E-state index in [1.807, 2.05) is 24.3 Å². The summed E-state index contributed by atoms with van der Waals surface area (Å²) >= 11 is 6.91. The quantitative estimate of drug-likeness (QED) is 0.808. The zero-order valence-corrected chi connectivity index (χ0v) is 13.3. The summed E-state index contributed by atoms with van der Waals surface area (Å²) in [4.78, 5) is 0. The van der Waals surface area contributed by atoms with Gasteiger partial charge >= 0.3 is 0 Å². The van der Waals surface area contributed by atoms with Crippen molar-refractivity contribution in [2.75, 3.05) is 6.61 Å². The Morgan fingerprint density at radius 3 is 2.47 bits per heavy atom. The molecule has 0 aliphatic heterocycles. The van der Waals surface area contributed by atoms with Gasteiger partial charge in [-0.3, -0.25) is 0 Å². The minimum Gasteiger partial charge on any atom is -0.396 e. The third-order valence-electron chi connectivity index (χ3n) is 3.04. The minimum atomic E-state index is -0.262. The monoisotopic (exact) mass is 386 g/mol. The molecule has 0 saturated heterocycles. The molecule has 100 valence electrons. The molecular formula is C15H13Br2FO. The molecule has 1 atom stereocenters. The van der Waals surface area contributed by atoms with Crippen molar-refractivity contribution < 1.29 is 9.50 Å². The molecule has 0 spiro atoms. The first kappa shape index (κ1) is 14.7. The van der Waals surface area contributed by atoms with Gasteiger partial charge in [0.05, 0.1) is 6.61 Å². The van der Waals surface area contributed by atoms with Crippen molar-refractivity contribution in [2.24, 2.45) is 0 Å². The molecule has 1 unspecified atom stereocenters. The molecule has 0 saturated carbocycles. The van der Waals surface area contributed by atoms with Gasteiger partial charge in [0.25, 0.3) is 0 Å². The maximum atomic E-state index is 13.3. The van der Waals surface area contributed by atoms with E-state index in [9.17, 15) is 9.50 Å². The highest BCUT2D eigenvalue weighted by Crippen LogP contribution is 2.30. The van der Waals surface area contributed by atoms with Gasteiger partial charge in [-0.25, -0.2) is 4.39 Å². The van der Waals surface area contributed by atoms with Crippen molar-refractivity contribution >= 4 is 31.9 Å². The lowest BCUT2D eigenvalue weighted by atomic mass is 9.93. The molecule has 0 aliphatic rings. The molecule has 0 fully saturated rings. The number of rotatable bonds is 4. The van der Waals surface area contributed by atoms with Gasteiger partial charge in [-0.05, 0) is 41.8 Å². The lowest BCUT2D eigenvalue weighted by Gasteiger charge is -2.17. The summed E-state index contributed by atoms with van der Waals surface area (Å²) in [5, 5.41) is 9.60. The van der Waals surface area contributed by atoms with Crippen LogP contribution < -0.4 is 0 Å². The van der Waals surface area contributed by atoms with Gasteiger partial charge in [0.1, 0.15) is 5.82 Å². The second-order valence-corrected chi connectivity index (χ2v) is 6.05. The van der Waals surface area contributed by atoms with Gasteiger partial charge in [-0.15, -0.1) is 0 Å². The molecule has 2 rings (SSSR count). The smallest absolute Gasteiger partial charge is 0.123 e. The van der Waals surface area contributed by atoms with Crippen LogP contribution in [0.25, 0.3) is 0 Å². The van der Waals surface area contributed by atoms with Gasteiger partial charge in [0.15, 0.2) is 0 Å². The highest BCUT2D eigenvalue weighted by atomic mass is 79.9. The Morgan fingerprint density at radius 2 is 1.79 bits per heavy atom. The van der Waals surface area contributed by atoms with E-state index in [1.165, 1.54) is 12.1 Å². The van der Waals surface area contributed by atoms with E-state index in [0.29, 0.717) is 6.42 Å². The maximum absolute atomic E-state index is 13.3. The predicted octanol–water partition coefficient (Wildman–Crippen LogP) is 4.67. The zero-order chi connectivity index (χ0) is 13.8. The molecule has 0 aromatic heterocycles. The average molecular weight is 388 g/mol.